The molecule has 1 aliphatic rings. The molecule has 1 atom stereocenters. The Balaban J connectivity index is 1.18. The van der Waals surface area contributed by atoms with Crippen LogP contribution < -0.4 is 9.64 Å². The lowest BCUT2D eigenvalue weighted by Crippen LogP contribution is -2.29. The van der Waals surface area contributed by atoms with Gasteiger partial charge in [-0.15, -0.1) is 0 Å². The summed E-state index contributed by atoms with van der Waals surface area (Å²) >= 11 is 0. The number of hydrogen-bond donors (Lipinski definition) is 0. The van der Waals surface area contributed by atoms with Crippen molar-refractivity contribution in [2.45, 2.75) is 58.8 Å². The number of rotatable bonds is 11. The first-order chi connectivity index (χ1) is 29.1. The van der Waals surface area contributed by atoms with Crippen LogP contribution in [-0.4, -0.2) is 0 Å². The molecule has 0 fully saturated rings. The first-order valence-corrected chi connectivity index (χ1v) is 21.3. The second kappa shape index (κ2) is 15.8. The van der Waals surface area contributed by atoms with E-state index in [2.05, 4.69) is 241 Å². The van der Waals surface area contributed by atoms with Crippen molar-refractivity contribution >= 4 is 17.1 Å². The molecule has 0 aliphatic heterocycles. The standard InChI is InChI=1S/C58H53NO/c1-40(2)39-57(5,6)45-23-30-51(31-24-45)60-52-32-25-46(26-33-52)58(47-36-41(3)35-42(4)37-47)55-20-14-13-19-53(55)54-34-29-50(38-56(54)58)59(48-17-11-8-12-18-48)49-27-21-44(22-28-49)43-15-9-7-10-16-43/h7-38,40H,39H2,1-6H3. The van der Waals surface area contributed by atoms with Gasteiger partial charge in [0.15, 0.2) is 0 Å². The average Bonchev–Trinajstić information content (AvgIpc) is 3.55. The van der Waals surface area contributed by atoms with E-state index in [1.54, 1.807) is 0 Å². The van der Waals surface area contributed by atoms with Crippen molar-refractivity contribution in [2.75, 3.05) is 4.90 Å². The largest absolute Gasteiger partial charge is 0.457 e. The molecule has 296 valence electrons. The SMILES string of the molecule is Cc1cc(C)cc(C2(c3ccc(Oc4ccc(C(C)(C)CC(C)C)cc4)cc3)c3ccccc3-c3ccc(N(c4ccccc4)c4ccc(-c5ccccc5)cc4)cc32)c1. The molecular weight excluding hydrogens is 727 g/mol. The lowest BCUT2D eigenvalue weighted by Gasteiger charge is -2.35. The predicted octanol–water partition coefficient (Wildman–Crippen LogP) is 15.9. The Labute approximate surface area is 356 Å². The van der Waals surface area contributed by atoms with Crippen LogP contribution in [0.4, 0.5) is 17.1 Å². The van der Waals surface area contributed by atoms with Crippen LogP contribution in [0, 0.1) is 19.8 Å². The van der Waals surface area contributed by atoms with Crippen LogP contribution >= 0.6 is 0 Å². The van der Waals surface area contributed by atoms with Crippen LogP contribution in [-0.2, 0) is 10.8 Å². The molecule has 0 spiro atoms. The number of anilines is 3. The maximum Gasteiger partial charge on any atom is 0.127 e. The predicted molar refractivity (Wildman–Crippen MR) is 252 cm³/mol. The number of para-hydroxylation sites is 1. The summed E-state index contributed by atoms with van der Waals surface area (Å²) in [7, 11) is 0. The fourth-order valence-electron chi connectivity index (χ4n) is 9.87. The summed E-state index contributed by atoms with van der Waals surface area (Å²) in [4.78, 5) is 2.39. The molecule has 60 heavy (non-hydrogen) atoms. The van der Waals surface area contributed by atoms with Crippen LogP contribution in [0.5, 0.6) is 11.5 Å². The molecule has 1 aliphatic carbocycles. The Hall–Kier alpha value is -6.64. The summed E-state index contributed by atoms with van der Waals surface area (Å²) in [6.45, 7) is 13.7. The third kappa shape index (κ3) is 7.22. The third-order valence-electron chi connectivity index (χ3n) is 12.3. The number of nitrogens with zero attached hydrogens (tertiary/aromatic N) is 1. The van der Waals surface area contributed by atoms with Crippen molar-refractivity contribution in [1.29, 1.82) is 0 Å². The third-order valence-corrected chi connectivity index (χ3v) is 12.3. The van der Waals surface area contributed by atoms with Gasteiger partial charge in [0.05, 0.1) is 5.41 Å². The molecule has 8 aromatic rings. The zero-order chi connectivity index (χ0) is 41.4. The van der Waals surface area contributed by atoms with Crippen molar-refractivity contribution in [3.8, 4) is 33.8 Å². The summed E-state index contributed by atoms with van der Waals surface area (Å²) < 4.78 is 6.54. The molecule has 9 rings (SSSR count). The average molecular weight is 780 g/mol. The van der Waals surface area contributed by atoms with Crippen LogP contribution in [0.2, 0.25) is 0 Å². The van der Waals surface area contributed by atoms with Gasteiger partial charge in [-0.3, -0.25) is 0 Å². The van der Waals surface area contributed by atoms with Crippen LogP contribution in [0.3, 0.4) is 0 Å². The van der Waals surface area contributed by atoms with Crippen molar-refractivity contribution in [3.63, 3.8) is 0 Å². The smallest absolute Gasteiger partial charge is 0.127 e. The first kappa shape index (κ1) is 38.9. The normalized spacial score (nSPS) is 14.4. The minimum absolute atomic E-state index is 0.107. The number of benzene rings is 8. The minimum Gasteiger partial charge on any atom is -0.457 e. The Morgan fingerprint density at radius 1 is 0.483 bits per heavy atom. The number of ether oxygens (including phenoxy) is 1. The molecule has 0 N–H and O–H groups in total. The second-order valence-corrected chi connectivity index (χ2v) is 17.6. The van der Waals surface area contributed by atoms with Gasteiger partial charge in [0.25, 0.3) is 0 Å². The molecule has 2 heteroatoms. The highest BCUT2D eigenvalue weighted by Gasteiger charge is 2.46. The molecule has 0 bridgehead atoms. The maximum atomic E-state index is 6.54. The molecule has 0 aromatic heterocycles. The summed E-state index contributed by atoms with van der Waals surface area (Å²) in [5, 5.41) is 0. The van der Waals surface area contributed by atoms with E-state index in [0.717, 1.165) is 35.0 Å². The van der Waals surface area contributed by atoms with Gasteiger partial charge >= 0.3 is 0 Å². The quantitative estimate of drug-likeness (QED) is 0.130. The van der Waals surface area contributed by atoms with Gasteiger partial charge in [-0.05, 0) is 142 Å². The Morgan fingerprint density at radius 3 is 1.67 bits per heavy atom. The van der Waals surface area contributed by atoms with Gasteiger partial charge in [-0.1, -0.05) is 172 Å². The van der Waals surface area contributed by atoms with E-state index in [0.29, 0.717) is 5.92 Å². The van der Waals surface area contributed by atoms with E-state index in [4.69, 9.17) is 4.74 Å². The highest BCUT2D eigenvalue weighted by molar-refractivity contribution is 5.89. The lowest BCUT2D eigenvalue weighted by atomic mass is 9.67. The monoisotopic (exact) mass is 779 g/mol. The molecule has 8 aromatic carbocycles. The summed E-state index contributed by atoms with van der Waals surface area (Å²) in [5.41, 5.74) is 16.6. The molecular formula is C58H53NO. The van der Waals surface area contributed by atoms with Crippen LogP contribution in [0.15, 0.2) is 194 Å². The topological polar surface area (TPSA) is 12.5 Å². The Bertz CT molecular complexity index is 2730. The molecule has 0 amide bonds. The van der Waals surface area contributed by atoms with Crippen LogP contribution in [0.25, 0.3) is 22.3 Å². The van der Waals surface area contributed by atoms with Crippen molar-refractivity contribution < 1.29 is 4.74 Å². The van der Waals surface area contributed by atoms with E-state index >= 15 is 0 Å². The fourth-order valence-corrected chi connectivity index (χ4v) is 9.87. The van der Waals surface area contributed by atoms with Crippen LogP contribution in [0.1, 0.15) is 73.1 Å². The number of hydrogen-bond acceptors (Lipinski definition) is 2. The molecule has 0 radical (unpaired) electrons. The molecule has 0 heterocycles. The minimum atomic E-state index is -0.583. The summed E-state index contributed by atoms with van der Waals surface area (Å²) in [5.74, 6) is 2.29. The fraction of sp³-hybridized carbons (Fsp3) is 0.172. The highest BCUT2D eigenvalue weighted by atomic mass is 16.5. The van der Waals surface area contributed by atoms with Gasteiger partial charge in [-0.25, -0.2) is 0 Å². The van der Waals surface area contributed by atoms with Gasteiger partial charge in [0.1, 0.15) is 11.5 Å². The van der Waals surface area contributed by atoms with Gasteiger partial charge in [-0.2, -0.15) is 0 Å². The van der Waals surface area contributed by atoms with E-state index in [1.807, 2.05) is 0 Å². The summed E-state index contributed by atoms with van der Waals surface area (Å²) in [6.07, 6.45) is 1.14. The molecule has 0 saturated heterocycles. The van der Waals surface area contributed by atoms with E-state index in [9.17, 15) is 0 Å². The zero-order valence-corrected chi connectivity index (χ0v) is 35.6. The Kier molecular flexibility index (Phi) is 10.3. The van der Waals surface area contributed by atoms with Gasteiger partial charge in [0, 0.05) is 17.1 Å². The van der Waals surface area contributed by atoms with Gasteiger partial charge in [0.2, 0.25) is 0 Å². The molecule has 1 unspecified atom stereocenters. The Morgan fingerprint density at radius 2 is 1.02 bits per heavy atom. The molecule has 2 nitrogen and oxygen atoms in total. The highest BCUT2D eigenvalue weighted by Crippen LogP contribution is 2.57. The second-order valence-electron chi connectivity index (χ2n) is 17.6. The van der Waals surface area contributed by atoms with E-state index in [-0.39, 0.29) is 5.41 Å². The van der Waals surface area contributed by atoms with Crippen molar-refractivity contribution in [3.05, 3.63) is 233 Å². The van der Waals surface area contributed by atoms with Crippen molar-refractivity contribution in [2.24, 2.45) is 5.92 Å². The number of fused-ring (bicyclic) bond motifs is 3. The van der Waals surface area contributed by atoms with E-state index in [1.165, 1.54) is 61.2 Å². The zero-order valence-electron chi connectivity index (χ0n) is 35.6. The lowest BCUT2D eigenvalue weighted by molar-refractivity contribution is 0.399. The number of aryl methyl sites for hydroxylation is 2. The van der Waals surface area contributed by atoms with Gasteiger partial charge < -0.3 is 9.64 Å². The summed E-state index contributed by atoms with van der Waals surface area (Å²) in [6, 6.07) is 70.9. The maximum absolute atomic E-state index is 6.54. The molecule has 0 saturated carbocycles. The van der Waals surface area contributed by atoms with Crippen molar-refractivity contribution in [1.82, 2.24) is 0 Å². The van der Waals surface area contributed by atoms with E-state index < -0.39 is 5.41 Å². The first-order valence-electron chi connectivity index (χ1n) is 21.3.